The van der Waals surface area contributed by atoms with Crippen LogP contribution in [-0.4, -0.2) is 24.0 Å². The molecular formula is C17H28ClN3O2. The number of carbonyl (C=O) groups is 1. The van der Waals surface area contributed by atoms with E-state index in [9.17, 15) is 4.79 Å². The Balaban J connectivity index is 0.00000192. The first-order valence-electron chi connectivity index (χ1n) is 8.36. The summed E-state index contributed by atoms with van der Waals surface area (Å²) in [6.45, 7) is 8.43. The standard InChI is InChI=1S/C17H27N3O2.ClH/c1-16(2,3)13-9-19-14(22-13)10-20-15(21)17-7-5-4-6-12(17)8-18-11-17;/h9,12,18H,4-8,10-11H2,1-3H3,(H,20,21);1H/t12-,17+;/m0./s1. The SMILES string of the molecule is CC(C)(C)c1cnc(CNC(=O)[C@@]23CCCC[C@H]2CNC3)o1.Cl. The van der Waals surface area contributed by atoms with E-state index in [-0.39, 0.29) is 29.1 Å². The van der Waals surface area contributed by atoms with Gasteiger partial charge in [0, 0.05) is 12.0 Å². The molecule has 0 unspecified atom stereocenters. The number of nitrogens with zero attached hydrogens (tertiary/aromatic N) is 1. The highest BCUT2D eigenvalue weighted by Crippen LogP contribution is 2.43. The summed E-state index contributed by atoms with van der Waals surface area (Å²) in [5.74, 6) is 2.09. The molecule has 23 heavy (non-hydrogen) atoms. The smallest absolute Gasteiger partial charge is 0.228 e. The molecule has 0 bridgehead atoms. The zero-order chi connectivity index (χ0) is 15.8. The zero-order valence-electron chi connectivity index (χ0n) is 14.3. The van der Waals surface area contributed by atoms with Crippen LogP contribution in [0.25, 0.3) is 0 Å². The molecule has 1 amide bonds. The van der Waals surface area contributed by atoms with Crippen LogP contribution in [0, 0.1) is 11.3 Å². The van der Waals surface area contributed by atoms with Gasteiger partial charge in [-0.1, -0.05) is 33.6 Å². The number of nitrogens with one attached hydrogen (secondary N) is 2. The Morgan fingerprint density at radius 1 is 1.48 bits per heavy atom. The number of amides is 1. The Bertz CT molecular complexity index is 552. The molecule has 5 nitrogen and oxygen atoms in total. The number of halogens is 1. The van der Waals surface area contributed by atoms with Gasteiger partial charge in [0.25, 0.3) is 0 Å². The normalized spacial score (nSPS) is 27.2. The monoisotopic (exact) mass is 341 g/mol. The van der Waals surface area contributed by atoms with Gasteiger partial charge in [0.05, 0.1) is 18.2 Å². The predicted octanol–water partition coefficient (Wildman–Crippen LogP) is 2.79. The van der Waals surface area contributed by atoms with Crippen LogP contribution in [0.2, 0.25) is 0 Å². The van der Waals surface area contributed by atoms with Gasteiger partial charge < -0.3 is 15.1 Å². The third kappa shape index (κ3) is 3.56. The van der Waals surface area contributed by atoms with Crippen molar-refractivity contribution in [1.29, 1.82) is 0 Å². The highest BCUT2D eigenvalue weighted by Gasteiger charge is 2.49. The lowest BCUT2D eigenvalue weighted by Crippen LogP contribution is -2.47. The molecule has 2 N–H and O–H groups in total. The maximum absolute atomic E-state index is 12.8. The lowest BCUT2D eigenvalue weighted by molar-refractivity contribution is -0.134. The van der Waals surface area contributed by atoms with Gasteiger partial charge >= 0.3 is 0 Å². The molecule has 2 fully saturated rings. The Morgan fingerprint density at radius 2 is 2.26 bits per heavy atom. The van der Waals surface area contributed by atoms with Crippen LogP contribution in [0.5, 0.6) is 0 Å². The van der Waals surface area contributed by atoms with E-state index in [1.54, 1.807) is 6.20 Å². The summed E-state index contributed by atoms with van der Waals surface area (Å²) in [6.07, 6.45) is 6.32. The Labute approximate surface area is 144 Å². The van der Waals surface area contributed by atoms with Gasteiger partial charge in [-0.15, -0.1) is 12.4 Å². The fourth-order valence-electron chi connectivity index (χ4n) is 3.76. The van der Waals surface area contributed by atoms with Crippen molar-refractivity contribution >= 4 is 18.3 Å². The van der Waals surface area contributed by atoms with Gasteiger partial charge in [-0.05, 0) is 25.3 Å². The quantitative estimate of drug-likeness (QED) is 0.887. The maximum atomic E-state index is 12.8. The van der Waals surface area contributed by atoms with Crippen LogP contribution >= 0.6 is 12.4 Å². The van der Waals surface area contributed by atoms with Crippen LogP contribution in [-0.2, 0) is 16.8 Å². The summed E-state index contributed by atoms with van der Waals surface area (Å²) >= 11 is 0. The number of fused-ring (bicyclic) bond motifs is 1. The number of carbonyl (C=O) groups excluding carboxylic acids is 1. The summed E-state index contributed by atoms with van der Waals surface area (Å²) < 4.78 is 5.75. The molecule has 3 rings (SSSR count). The van der Waals surface area contributed by atoms with Crippen molar-refractivity contribution in [1.82, 2.24) is 15.6 Å². The van der Waals surface area contributed by atoms with E-state index < -0.39 is 0 Å². The van der Waals surface area contributed by atoms with Gasteiger partial charge in [0.15, 0.2) is 0 Å². The summed E-state index contributed by atoms with van der Waals surface area (Å²) in [6, 6.07) is 0. The van der Waals surface area contributed by atoms with E-state index >= 15 is 0 Å². The fourth-order valence-corrected chi connectivity index (χ4v) is 3.76. The first kappa shape index (κ1) is 18.3. The highest BCUT2D eigenvalue weighted by atomic mass is 35.5. The molecule has 0 aromatic carbocycles. The van der Waals surface area contributed by atoms with Crippen LogP contribution in [0.3, 0.4) is 0 Å². The topological polar surface area (TPSA) is 67.2 Å². The molecule has 1 aromatic rings. The Morgan fingerprint density at radius 3 is 2.96 bits per heavy atom. The minimum absolute atomic E-state index is 0. The average Bonchev–Trinajstić information content (AvgIpc) is 3.11. The molecule has 1 aliphatic carbocycles. The van der Waals surface area contributed by atoms with Crippen LogP contribution in [0.1, 0.15) is 58.1 Å². The van der Waals surface area contributed by atoms with Crippen molar-refractivity contribution in [3.05, 3.63) is 17.8 Å². The number of hydrogen-bond acceptors (Lipinski definition) is 4. The lowest BCUT2D eigenvalue weighted by atomic mass is 9.67. The van der Waals surface area contributed by atoms with Crippen molar-refractivity contribution < 1.29 is 9.21 Å². The van der Waals surface area contributed by atoms with E-state index in [1.807, 2.05) is 0 Å². The molecule has 1 aliphatic heterocycles. The first-order valence-corrected chi connectivity index (χ1v) is 8.36. The van der Waals surface area contributed by atoms with Crippen molar-refractivity contribution in [2.75, 3.05) is 13.1 Å². The van der Waals surface area contributed by atoms with E-state index in [1.165, 1.54) is 6.42 Å². The average molecular weight is 342 g/mol. The first-order chi connectivity index (χ1) is 10.4. The van der Waals surface area contributed by atoms with E-state index in [4.69, 9.17) is 4.42 Å². The van der Waals surface area contributed by atoms with Gasteiger partial charge in [0.2, 0.25) is 11.8 Å². The number of hydrogen-bond donors (Lipinski definition) is 2. The van der Waals surface area contributed by atoms with Gasteiger partial charge in [0.1, 0.15) is 5.76 Å². The highest BCUT2D eigenvalue weighted by molar-refractivity contribution is 5.85. The number of oxazole rings is 1. The van der Waals surface area contributed by atoms with Gasteiger partial charge in [-0.3, -0.25) is 4.79 Å². The van der Waals surface area contributed by atoms with Crippen molar-refractivity contribution in [2.24, 2.45) is 11.3 Å². The largest absolute Gasteiger partial charge is 0.443 e. The van der Waals surface area contributed by atoms with Crippen LogP contribution < -0.4 is 10.6 Å². The van der Waals surface area contributed by atoms with E-state index in [0.29, 0.717) is 18.4 Å². The van der Waals surface area contributed by atoms with Crippen LogP contribution in [0.15, 0.2) is 10.6 Å². The third-order valence-electron chi connectivity index (χ3n) is 5.18. The second kappa shape index (κ2) is 6.81. The summed E-state index contributed by atoms with van der Waals surface area (Å²) in [5, 5.41) is 6.47. The molecule has 2 heterocycles. The molecule has 1 saturated carbocycles. The lowest BCUT2D eigenvalue weighted by Gasteiger charge is -2.36. The molecule has 0 radical (unpaired) electrons. The zero-order valence-corrected chi connectivity index (χ0v) is 15.1. The molecule has 1 saturated heterocycles. The van der Waals surface area contributed by atoms with Crippen molar-refractivity contribution in [3.63, 3.8) is 0 Å². The summed E-state index contributed by atoms with van der Waals surface area (Å²) in [5.41, 5.74) is -0.268. The minimum Gasteiger partial charge on any atom is -0.443 e. The molecule has 1 aromatic heterocycles. The van der Waals surface area contributed by atoms with E-state index in [2.05, 4.69) is 36.4 Å². The molecule has 6 heteroatoms. The predicted molar refractivity (Wildman–Crippen MR) is 91.6 cm³/mol. The van der Waals surface area contributed by atoms with Crippen molar-refractivity contribution in [2.45, 2.75) is 58.4 Å². The second-order valence-corrected chi connectivity index (χ2v) is 7.78. The summed E-state index contributed by atoms with van der Waals surface area (Å²) in [7, 11) is 0. The fraction of sp³-hybridized carbons (Fsp3) is 0.765. The van der Waals surface area contributed by atoms with Gasteiger partial charge in [-0.25, -0.2) is 4.98 Å². The number of aromatic nitrogens is 1. The van der Waals surface area contributed by atoms with Crippen molar-refractivity contribution in [3.8, 4) is 0 Å². The van der Waals surface area contributed by atoms with Gasteiger partial charge in [-0.2, -0.15) is 0 Å². The second-order valence-electron chi connectivity index (χ2n) is 7.78. The molecule has 0 spiro atoms. The molecular weight excluding hydrogens is 314 g/mol. The Hall–Kier alpha value is -1.07. The van der Waals surface area contributed by atoms with Crippen LogP contribution in [0.4, 0.5) is 0 Å². The van der Waals surface area contributed by atoms with E-state index in [0.717, 1.165) is 38.1 Å². The molecule has 130 valence electrons. The number of rotatable bonds is 3. The molecule has 2 atom stereocenters. The minimum atomic E-state index is -0.211. The molecule has 2 aliphatic rings. The summed E-state index contributed by atoms with van der Waals surface area (Å²) in [4.78, 5) is 17.0. The third-order valence-corrected chi connectivity index (χ3v) is 5.18. The Kier molecular flexibility index (Phi) is 5.41. The maximum Gasteiger partial charge on any atom is 0.228 e.